The predicted molar refractivity (Wildman–Crippen MR) is 265 cm³/mol. The zero-order valence-corrected chi connectivity index (χ0v) is 41.6. The zero-order chi connectivity index (χ0) is 47.6. The maximum atomic E-state index is 14.4. The molecule has 11 nitrogen and oxygen atoms in total. The van der Waals surface area contributed by atoms with Crippen molar-refractivity contribution in [2.45, 2.75) is 123 Å². The Bertz CT molecular complexity index is 2050. The van der Waals surface area contributed by atoms with Crippen LogP contribution in [-0.2, 0) is 35.4 Å². The van der Waals surface area contributed by atoms with Crippen molar-refractivity contribution in [1.82, 2.24) is 14.9 Å². The molecule has 1 aliphatic rings. The molecule has 1 heterocycles. The van der Waals surface area contributed by atoms with Crippen molar-refractivity contribution in [3.8, 4) is 11.5 Å². The summed E-state index contributed by atoms with van der Waals surface area (Å²) >= 11 is 0. The minimum Gasteiger partial charge on any atom is -0.497 e. The van der Waals surface area contributed by atoms with Gasteiger partial charge in [0, 0.05) is 31.6 Å². The molecule has 66 heavy (non-hydrogen) atoms. The third kappa shape index (κ3) is 14.1. The Morgan fingerprint density at radius 1 is 0.803 bits per heavy atom. The number of nitrogens with zero attached hydrogens (tertiary/aromatic N) is 3. The normalized spacial score (nSPS) is 16.2. The van der Waals surface area contributed by atoms with Gasteiger partial charge in [0.1, 0.15) is 23.7 Å². The second-order valence-electron chi connectivity index (χ2n) is 18.2. The molecule has 4 aromatic carbocycles. The molecular formula is C54H73N4O7P. The number of rotatable bonds is 26. The van der Waals surface area contributed by atoms with Gasteiger partial charge in [-0.1, -0.05) is 99.1 Å². The number of carbonyl (C=O) groups excluding carboxylic acids is 2. The predicted octanol–water partition coefficient (Wildman–Crippen LogP) is 11.0. The monoisotopic (exact) mass is 921 g/mol. The van der Waals surface area contributed by atoms with Crippen molar-refractivity contribution in [2.24, 2.45) is 5.92 Å². The van der Waals surface area contributed by atoms with E-state index in [0.29, 0.717) is 38.3 Å². The van der Waals surface area contributed by atoms with Crippen molar-refractivity contribution in [3.05, 3.63) is 142 Å². The molecule has 1 unspecified atom stereocenters. The van der Waals surface area contributed by atoms with Crippen molar-refractivity contribution in [3.63, 3.8) is 0 Å². The van der Waals surface area contributed by atoms with Crippen LogP contribution in [0.25, 0.3) is 4.85 Å². The first-order valence-electron chi connectivity index (χ1n) is 23.7. The summed E-state index contributed by atoms with van der Waals surface area (Å²) in [4.78, 5) is 33.0. The van der Waals surface area contributed by atoms with Crippen LogP contribution in [0.4, 0.5) is 0 Å². The van der Waals surface area contributed by atoms with E-state index in [4.69, 9.17) is 29.8 Å². The molecule has 1 aliphatic heterocycles. The van der Waals surface area contributed by atoms with E-state index < -0.39 is 14.1 Å². The molecule has 0 aliphatic carbocycles. The Morgan fingerprint density at radius 2 is 1.39 bits per heavy atom. The number of benzene rings is 4. The summed E-state index contributed by atoms with van der Waals surface area (Å²) in [6, 6.07) is 34.4. The quantitative estimate of drug-likeness (QED) is 0.0288. The van der Waals surface area contributed by atoms with E-state index in [1.54, 1.807) is 14.2 Å². The summed E-state index contributed by atoms with van der Waals surface area (Å²) in [6.07, 6.45) is 3.85. The molecule has 4 atom stereocenters. The highest BCUT2D eigenvalue weighted by Crippen LogP contribution is 2.49. The van der Waals surface area contributed by atoms with Crippen LogP contribution < -0.4 is 14.8 Å². The SMILES string of the molecule is [C-]#[N+]CCOP(O[C@@H]1C[C@@H](COC(c2ccccc2)(c2ccc(OC)cc2)c2ccc(OC)cc2)N(C(=O)CCCCCNC(=O)[C@@H](C)c2ccc(CC(C)C)cc2)C1)N(C(C)C)C(C)C. The van der Waals surface area contributed by atoms with Gasteiger partial charge in [-0.25, -0.2) is 11.2 Å². The first kappa shape index (κ1) is 52.2. The van der Waals surface area contributed by atoms with E-state index in [1.807, 2.05) is 78.6 Å². The van der Waals surface area contributed by atoms with Gasteiger partial charge >= 0.3 is 0 Å². The van der Waals surface area contributed by atoms with E-state index in [1.165, 1.54) is 5.56 Å². The van der Waals surface area contributed by atoms with Gasteiger partial charge in [-0.2, -0.15) is 0 Å². The van der Waals surface area contributed by atoms with Gasteiger partial charge in [0.25, 0.3) is 8.53 Å². The molecule has 2 amide bonds. The van der Waals surface area contributed by atoms with Crippen LogP contribution in [0.15, 0.2) is 103 Å². The Kier molecular flexibility index (Phi) is 20.5. The number of carbonyl (C=O) groups is 2. The lowest BCUT2D eigenvalue weighted by molar-refractivity contribution is -0.134. The summed E-state index contributed by atoms with van der Waals surface area (Å²) in [5.74, 6) is 1.85. The Labute approximate surface area is 396 Å². The summed E-state index contributed by atoms with van der Waals surface area (Å²) in [6.45, 7) is 23.9. The molecule has 0 bridgehead atoms. The first-order valence-corrected chi connectivity index (χ1v) is 24.8. The Balaban J connectivity index is 1.35. The van der Waals surface area contributed by atoms with E-state index in [-0.39, 0.29) is 61.7 Å². The number of methoxy groups -OCH3 is 2. The van der Waals surface area contributed by atoms with Crippen LogP contribution in [-0.4, -0.2) is 92.7 Å². The highest BCUT2D eigenvalue weighted by atomic mass is 31.2. The van der Waals surface area contributed by atoms with Crippen LogP contribution >= 0.6 is 8.53 Å². The lowest BCUT2D eigenvalue weighted by atomic mass is 9.80. The molecule has 1 fully saturated rings. The third-order valence-corrected chi connectivity index (χ3v) is 14.3. The first-order chi connectivity index (χ1) is 31.8. The molecule has 0 aromatic heterocycles. The van der Waals surface area contributed by atoms with Crippen molar-refractivity contribution < 1.29 is 32.8 Å². The number of amides is 2. The molecule has 356 valence electrons. The topological polar surface area (TPSA) is 103 Å². The number of hydrogen-bond donors (Lipinski definition) is 1. The van der Waals surface area contributed by atoms with Gasteiger partial charge in [-0.05, 0) is 118 Å². The molecule has 1 N–H and O–H groups in total. The highest BCUT2D eigenvalue weighted by Gasteiger charge is 2.43. The largest absolute Gasteiger partial charge is 0.497 e. The number of likely N-dealkylation sites (tertiary alicyclic amines) is 1. The molecule has 0 saturated carbocycles. The lowest BCUT2D eigenvalue weighted by Crippen LogP contribution is -2.42. The molecule has 12 heteroatoms. The van der Waals surface area contributed by atoms with Crippen molar-refractivity contribution >= 4 is 20.3 Å². The van der Waals surface area contributed by atoms with E-state index >= 15 is 0 Å². The fourth-order valence-electron chi connectivity index (χ4n) is 8.78. The van der Waals surface area contributed by atoms with Gasteiger partial charge in [0.05, 0.1) is 38.9 Å². The van der Waals surface area contributed by atoms with E-state index in [9.17, 15) is 9.59 Å². The molecule has 5 rings (SSSR count). The fourth-order valence-corrected chi connectivity index (χ4v) is 10.5. The van der Waals surface area contributed by atoms with Crippen molar-refractivity contribution in [2.75, 3.05) is 47.1 Å². The number of ether oxygens (including phenoxy) is 3. The third-order valence-electron chi connectivity index (χ3n) is 12.1. The molecule has 0 spiro atoms. The van der Waals surface area contributed by atoms with Crippen LogP contribution in [0.5, 0.6) is 11.5 Å². The standard InChI is InChI=1S/C54H73N4O7P/c1-39(2)35-43-20-22-44(23-21-43)42(7)53(60)56-32-16-12-15-19-52(59)57-37-51(65-66(64-34-33-55-8)58(40(3)4)41(5)6)36-48(57)38-63-54(45-17-13-11-14-18-45,46-24-28-49(61-9)29-25-46)47-26-30-50(62-10)31-27-47/h11,13-14,17-18,20-31,39-42,48,51H,12,15-16,19,32-38H2,1-7,9-10H3,(H,56,60)/t42-,48-,51+,66?/m0/s1. The zero-order valence-electron chi connectivity index (χ0n) is 40.7. The fraction of sp³-hybridized carbons (Fsp3) is 0.500. The molecular weight excluding hydrogens is 848 g/mol. The number of nitrogens with one attached hydrogen (secondary N) is 1. The van der Waals surface area contributed by atoms with E-state index in [2.05, 4.69) is 92.8 Å². The van der Waals surface area contributed by atoms with Crippen LogP contribution in [0.1, 0.15) is 114 Å². The van der Waals surface area contributed by atoms with Crippen LogP contribution in [0, 0.1) is 12.5 Å². The van der Waals surface area contributed by atoms with Crippen LogP contribution in [0.2, 0.25) is 0 Å². The summed E-state index contributed by atoms with van der Waals surface area (Å²) in [5, 5.41) is 3.12. The number of unbranched alkanes of at least 4 members (excludes halogenated alkanes) is 2. The maximum Gasteiger partial charge on any atom is 0.259 e. The van der Waals surface area contributed by atoms with Gasteiger partial charge in [-0.3, -0.25) is 9.59 Å². The van der Waals surface area contributed by atoms with Gasteiger partial charge in [-0.15, -0.1) is 0 Å². The Hall–Kier alpha value is -4.82. The summed E-state index contributed by atoms with van der Waals surface area (Å²) in [5.41, 5.74) is 3.98. The minimum absolute atomic E-state index is 0.0102. The van der Waals surface area contributed by atoms with Crippen LogP contribution in [0.3, 0.4) is 0 Å². The second-order valence-corrected chi connectivity index (χ2v) is 19.6. The maximum absolute atomic E-state index is 14.4. The minimum atomic E-state index is -1.53. The second kappa shape index (κ2) is 25.9. The molecule has 0 radical (unpaired) electrons. The smallest absolute Gasteiger partial charge is 0.259 e. The average Bonchev–Trinajstić information content (AvgIpc) is 3.73. The Morgan fingerprint density at radius 3 is 1.94 bits per heavy atom. The van der Waals surface area contributed by atoms with E-state index in [0.717, 1.165) is 53.0 Å². The lowest BCUT2D eigenvalue weighted by Gasteiger charge is -2.38. The van der Waals surface area contributed by atoms with Gasteiger partial charge in [0.15, 0.2) is 0 Å². The van der Waals surface area contributed by atoms with Gasteiger partial charge < -0.3 is 38.3 Å². The average molecular weight is 921 g/mol. The highest BCUT2D eigenvalue weighted by molar-refractivity contribution is 7.44. The van der Waals surface area contributed by atoms with Gasteiger partial charge in [0.2, 0.25) is 18.4 Å². The van der Waals surface area contributed by atoms with Crippen molar-refractivity contribution in [1.29, 1.82) is 0 Å². The summed E-state index contributed by atoms with van der Waals surface area (Å²) < 4.78 is 34.0. The summed E-state index contributed by atoms with van der Waals surface area (Å²) in [7, 11) is 1.78. The molecule has 1 saturated heterocycles. The molecule has 4 aromatic rings. The number of hydrogen-bond acceptors (Lipinski definition) is 8.